The number of carbonyl (C=O) groups is 1. The van der Waals surface area contributed by atoms with Crippen molar-refractivity contribution in [2.75, 3.05) is 30.3 Å². The summed E-state index contributed by atoms with van der Waals surface area (Å²) in [7, 11) is 0. The molecule has 36 heavy (non-hydrogen) atoms. The summed E-state index contributed by atoms with van der Waals surface area (Å²) in [5.41, 5.74) is 4.18. The van der Waals surface area contributed by atoms with Gasteiger partial charge in [-0.2, -0.15) is 9.97 Å². The van der Waals surface area contributed by atoms with Crippen LogP contribution in [-0.4, -0.2) is 54.9 Å². The first-order chi connectivity index (χ1) is 17.7. The summed E-state index contributed by atoms with van der Waals surface area (Å²) in [6, 6.07) is 19.9. The van der Waals surface area contributed by atoms with Crippen molar-refractivity contribution in [2.24, 2.45) is 0 Å². The third kappa shape index (κ3) is 4.43. The minimum atomic E-state index is 0.248. The van der Waals surface area contributed by atoms with Crippen LogP contribution in [0, 0.1) is 0 Å². The van der Waals surface area contributed by atoms with Crippen LogP contribution in [0.3, 0.4) is 0 Å². The second-order valence-electron chi connectivity index (χ2n) is 8.82. The normalized spacial score (nSPS) is 13.6. The molecule has 1 fully saturated rings. The van der Waals surface area contributed by atoms with Crippen LogP contribution in [0.25, 0.3) is 27.8 Å². The molecule has 9 nitrogen and oxygen atoms in total. The molecule has 9 heteroatoms. The van der Waals surface area contributed by atoms with Gasteiger partial charge in [-0.05, 0) is 49.2 Å². The number of nitrogens with zero attached hydrogens (tertiary/aromatic N) is 6. The maximum Gasteiger partial charge on any atom is 0.231 e. The third-order valence-corrected chi connectivity index (χ3v) is 6.36. The number of pyridine rings is 1. The summed E-state index contributed by atoms with van der Waals surface area (Å²) in [6.07, 6.45) is 6.01. The predicted molar refractivity (Wildman–Crippen MR) is 141 cm³/mol. The standard InChI is InChI=1S/C27H26N8O/c36-23-10-5-15-34(23)16-6-14-29-25-24-26(35(18-30-24)21-8-2-1-3-9-21)33-27(32-25)31-20-11-12-22-19(17-20)7-4-13-28-22/h1-4,7-9,11-13,17-18H,5-6,10,14-16H2,(H2,29,31,32,33). The molecule has 0 aliphatic carbocycles. The van der Waals surface area contributed by atoms with E-state index in [0.717, 1.165) is 48.2 Å². The lowest BCUT2D eigenvalue weighted by molar-refractivity contribution is -0.127. The minimum Gasteiger partial charge on any atom is -0.368 e. The van der Waals surface area contributed by atoms with Gasteiger partial charge >= 0.3 is 0 Å². The average molecular weight is 479 g/mol. The Kier molecular flexibility index (Phi) is 5.87. The largest absolute Gasteiger partial charge is 0.368 e. The maximum atomic E-state index is 11.9. The SMILES string of the molecule is O=C1CCCN1CCCNc1nc(Nc2ccc3ncccc3c2)nc2c1ncn2-c1ccccc1. The fourth-order valence-electron chi connectivity index (χ4n) is 4.56. The molecule has 2 aromatic carbocycles. The molecule has 3 aromatic heterocycles. The predicted octanol–water partition coefficient (Wildman–Crippen LogP) is 4.53. The first-order valence-corrected chi connectivity index (χ1v) is 12.2. The van der Waals surface area contributed by atoms with E-state index in [4.69, 9.17) is 9.97 Å². The van der Waals surface area contributed by atoms with Gasteiger partial charge < -0.3 is 15.5 Å². The first-order valence-electron chi connectivity index (χ1n) is 12.2. The van der Waals surface area contributed by atoms with E-state index in [0.29, 0.717) is 35.9 Å². The van der Waals surface area contributed by atoms with Crippen LogP contribution in [0.1, 0.15) is 19.3 Å². The molecule has 1 aliphatic rings. The molecule has 5 aromatic rings. The van der Waals surface area contributed by atoms with Crippen LogP contribution < -0.4 is 10.6 Å². The van der Waals surface area contributed by atoms with Gasteiger partial charge in [0.25, 0.3) is 0 Å². The molecule has 0 unspecified atom stereocenters. The number of hydrogen-bond acceptors (Lipinski definition) is 7. The number of para-hydroxylation sites is 1. The average Bonchev–Trinajstić information content (AvgIpc) is 3.53. The molecule has 4 heterocycles. The Morgan fingerprint density at radius 1 is 0.972 bits per heavy atom. The van der Waals surface area contributed by atoms with Crippen molar-refractivity contribution in [1.82, 2.24) is 29.4 Å². The van der Waals surface area contributed by atoms with Crippen molar-refractivity contribution in [3.63, 3.8) is 0 Å². The van der Waals surface area contributed by atoms with E-state index < -0.39 is 0 Å². The van der Waals surface area contributed by atoms with E-state index in [1.54, 1.807) is 12.5 Å². The Bertz CT molecular complexity index is 1530. The van der Waals surface area contributed by atoms with E-state index in [-0.39, 0.29) is 5.91 Å². The number of anilines is 3. The molecule has 0 radical (unpaired) electrons. The van der Waals surface area contributed by atoms with Gasteiger partial charge in [0.15, 0.2) is 17.0 Å². The summed E-state index contributed by atoms with van der Waals surface area (Å²) < 4.78 is 1.96. The van der Waals surface area contributed by atoms with E-state index in [9.17, 15) is 4.79 Å². The number of rotatable bonds is 8. The third-order valence-electron chi connectivity index (χ3n) is 6.36. The van der Waals surface area contributed by atoms with E-state index in [2.05, 4.69) is 20.6 Å². The molecule has 6 rings (SSSR count). The molecule has 0 saturated carbocycles. The van der Waals surface area contributed by atoms with Crippen molar-refractivity contribution in [3.8, 4) is 5.69 Å². The number of amides is 1. The molecule has 0 atom stereocenters. The van der Waals surface area contributed by atoms with Crippen molar-refractivity contribution in [2.45, 2.75) is 19.3 Å². The zero-order valence-corrected chi connectivity index (χ0v) is 19.8. The number of nitrogens with one attached hydrogen (secondary N) is 2. The van der Waals surface area contributed by atoms with Gasteiger partial charge in [0, 0.05) is 49.0 Å². The van der Waals surface area contributed by atoms with Crippen LogP contribution in [0.5, 0.6) is 0 Å². The topological polar surface area (TPSA) is 101 Å². The van der Waals surface area contributed by atoms with Crippen molar-refractivity contribution in [3.05, 3.63) is 73.2 Å². The zero-order chi connectivity index (χ0) is 24.3. The number of aromatic nitrogens is 5. The molecular formula is C27H26N8O. The van der Waals surface area contributed by atoms with Crippen LogP contribution >= 0.6 is 0 Å². The Labute approximate surface area is 208 Å². The quantitative estimate of drug-likeness (QED) is 0.316. The number of benzene rings is 2. The van der Waals surface area contributed by atoms with Crippen molar-refractivity contribution >= 4 is 45.4 Å². The number of likely N-dealkylation sites (tertiary alicyclic amines) is 1. The second kappa shape index (κ2) is 9.61. The van der Waals surface area contributed by atoms with E-state index in [1.807, 2.05) is 70.1 Å². The van der Waals surface area contributed by atoms with Crippen molar-refractivity contribution in [1.29, 1.82) is 0 Å². The fraction of sp³-hybridized carbons (Fsp3) is 0.222. The van der Waals surface area contributed by atoms with Crippen molar-refractivity contribution < 1.29 is 4.79 Å². The molecule has 1 amide bonds. The summed E-state index contributed by atoms with van der Waals surface area (Å²) in [5.74, 6) is 1.38. The molecule has 1 aliphatic heterocycles. The highest BCUT2D eigenvalue weighted by Crippen LogP contribution is 2.26. The zero-order valence-electron chi connectivity index (χ0n) is 19.8. The van der Waals surface area contributed by atoms with Crippen LogP contribution in [0.2, 0.25) is 0 Å². The van der Waals surface area contributed by atoms with Gasteiger partial charge in [0.2, 0.25) is 11.9 Å². The maximum absolute atomic E-state index is 11.9. The molecule has 180 valence electrons. The number of fused-ring (bicyclic) bond motifs is 2. The van der Waals surface area contributed by atoms with Gasteiger partial charge in [-0.25, -0.2) is 4.98 Å². The molecule has 2 N–H and O–H groups in total. The molecule has 0 bridgehead atoms. The van der Waals surface area contributed by atoms with Crippen LogP contribution in [0.4, 0.5) is 17.5 Å². The summed E-state index contributed by atoms with van der Waals surface area (Å²) in [4.78, 5) is 32.4. The summed E-state index contributed by atoms with van der Waals surface area (Å²) >= 11 is 0. The van der Waals surface area contributed by atoms with Gasteiger partial charge in [-0.1, -0.05) is 24.3 Å². The lowest BCUT2D eigenvalue weighted by Gasteiger charge is -2.16. The fourth-order valence-corrected chi connectivity index (χ4v) is 4.56. The molecule has 0 spiro atoms. The Balaban J connectivity index is 1.30. The molecular weight excluding hydrogens is 452 g/mol. The molecule has 1 saturated heterocycles. The van der Waals surface area contributed by atoms with Crippen LogP contribution in [-0.2, 0) is 4.79 Å². The first kappa shape index (κ1) is 22.0. The van der Waals surface area contributed by atoms with Gasteiger partial charge in [0.05, 0.1) is 5.52 Å². The minimum absolute atomic E-state index is 0.248. The monoisotopic (exact) mass is 478 g/mol. The highest BCUT2D eigenvalue weighted by molar-refractivity contribution is 5.87. The lowest BCUT2D eigenvalue weighted by atomic mass is 10.2. The highest BCUT2D eigenvalue weighted by atomic mass is 16.2. The number of hydrogen-bond donors (Lipinski definition) is 2. The Hall–Kier alpha value is -4.53. The summed E-state index contributed by atoms with van der Waals surface area (Å²) in [5, 5.41) is 7.82. The van der Waals surface area contributed by atoms with Crippen LogP contribution in [0.15, 0.2) is 73.2 Å². The van der Waals surface area contributed by atoms with Gasteiger partial charge in [-0.15, -0.1) is 0 Å². The lowest BCUT2D eigenvalue weighted by Crippen LogP contribution is -2.27. The highest BCUT2D eigenvalue weighted by Gasteiger charge is 2.19. The van der Waals surface area contributed by atoms with Gasteiger partial charge in [0.1, 0.15) is 6.33 Å². The summed E-state index contributed by atoms with van der Waals surface area (Å²) in [6.45, 7) is 2.28. The smallest absolute Gasteiger partial charge is 0.231 e. The number of carbonyl (C=O) groups excluding carboxylic acids is 1. The van der Waals surface area contributed by atoms with Gasteiger partial charge in [-0.3, -0.25) is 14.3 Å². The second-order valence-corrected chi connectivity index (χ2v) is 8.82. The van der Waals surface area contributed by atoms with E-state index >= 15 is 0 Å². The Morgan fingerprint density at radius 2 is 1.89 bits per heavy atom. The number of imidazole rings is 1. The van der Waals surface area contributed by atoms with E-state index in [1.165, 1.54) is 0 Å². The Morgan fingerprint density at radius 3 is 2.75 bits per heavy atom.